The highest BCUT2D eigenvalue weighted by atomic mass is 35.5. The first-order valence-corrected chi connectivity index (χ1v) is 6.61. The highest BCUT2D eigenvalue weighted by Gasteiger charge is 2.01. The van der Waals surface area contributed by atoms with Gasteiger partial charge in [-0.15, -0.1) is 0 Å². The van der Waals surface area contributed by atoms with Crippen LogP contribution in [0.5, 0.6) is 0 Å². The van der Waals surface area contributed by atoms with Crippen molar-refractivity contribution in [2.75, 3.05) is 12.4 Å². The summed E-state index contributed by atoms with van der Waals surface area (Å²) in [5.74, 6) is 0. The number of hydrogen-bond acceptors (Lipinski definition) is 3. The average Bonchev–Trinajstić information content (AvgIpc) is 2.47. The Bertz CT molecular complexity index is 617. The van der Waals surface area contributed by atoms with Gasteiger partial charge in [0, 0.05) is 19.3 Å². The molecule has 0 fully saturated rings. The van der Waals surface area contributed by atoms with E-state index in [1.54, 1.807) is 19.2 Å². The second-order valence-electron chi connectivity index (χ2n) is 4.41. The van der Waals surface area contributed by atoms with E-state index in [-0.39, 0.29) is 0 Å². The lowest BCUT2D eigenvalue weighted by atomic mass is 10.1. The van der Waals surface area contributed by atoms with Crippen molar-refractivity contribution in [3.8, 4) is 6.07 Å². The van der Waals surface area contributed by atoms with Crippen LogP contribution in [0.2, 0.25) is 5.02 Å². The fraction of sp³-hybridized carbons (Fsp3) is 0.188. The van der Waals surface area contributed by atoms with Crippen molar-refractivity contribution in [1.29, 1.82) is 5.26 Å². The van der Waals surface area contributed by atoms with Crippen molar-refractivity contribution >= 4 is 17.3 Å². The zero-order valence-corrected chi connectivity index (χ0v) is 11.9. The number of halogens is 1. The molecule has 2 rings (SSSR count). The average molecular weight is 287 g/mol. The van der Waals surface area contributed by atoms with E-state index in [4.69, 9.17) is 21.6 Å². The van der Waals surface area contributed by atoms with Crippen molar-refractivity contribution < 1.29 is 4.74 Å². The van der Waals surface area contributed by atoms with Crippen molar-refractivity contribution in [2.24, 2.45) is 0 Å². The Morgan fingerprint density at radius 1 is 1.15 bits per heavy atom. The molecule has 0 aromatic heterocycles. The lowest BCUT2D eigenvalue weighted by molar-refractivity contribution is 0.185. The molecule has 2 aromatic carbocycles. The van der Waals surface area contributed by atoms with Gasteiger partial charge in [-0.25, -0.2) is 0 Å². The Labute approximate surface area is 123 Å². The normalized spacial score (nSPS) is 10.1. The van der Waals surface area contributed by atoms with Crippen LogP contribution in [0.3, 0.4) is 0 Å². The summed E-state index contributed by atoms with van der Waals surface area (Å²) in [5, 5.41) is 12.6. The molecule has 0 atom stereocenters. The molecule has 20 heavy (non-hydrogen) atoms. The minimum Gasteiger partial charge on any atom is -0.381 e. The smallest absolute Gasteiger partial charge is 0.101 e. The van der Waals surface area contributed by atoms with Gasteiger partial charge in [-0.05, 0) is 29.3 Å². The largest absolute Gasteiger partial charge is 0.381 e. The van der Waals surface area contributed by atoms with Crippen LogP contribution < -0.4 is 5.32 Å². The molecule has 1 N–H and O–H groups in total. The Morgan fingerprint density at radius 2 is 1.85 bits per heavy atom. The van der Waals surface area contributed by atoms with Crippen LogP contribution in [0.15, 0.2) is 42.5 Å². The topological polar surface area (TPSA) is 45.0 Å². The summed E-state index contributed by atoms with van der Waals surface area (Å²) in [7, 11) is 1.68. The maximum absolute atomic E-state index is 8.82. The molecule has 102 valence electrons. The van der Waals surface area contributed by atoms with E-state index in [2.05, 4.69) is 17.4 Å². The summed E-state index contributed by atoms with van der Waals surface area (Å²) in [6.45, 7) is 1.33. The monoisotopic (exact) mass is 286 g/mol. The van der Waals surface area contributed by atoms with Crippen molar-refractivity contribution in [2.45, 2.75) is 13.2 Å². The molecule has 0 heterocycles. The molecule has 0 spiro atoms. The second kappa shape index (κ2) is 6.95. The SMILES string of the molecule is COCc1ccc(CNc2ccc(C#N)c(Cl)c2)cc1. The van der Waals surface area contributed by atoms with Gasteiger partial charge in [-0.2, -0.15) is 5.26 Å². The minimum absolute atomic E-state index is 0.466. The molecule has 0 amide bonds. The predicted molar refractivity (Wildman–Crippen MR) is 80.6 cm³/mol. The molecule has 0 aliphatic rings. The number of ether oxygens (including phenoxy) is 1. The molecule has 0 unspecified atom stereocenters. The summed E-state index contributed by atoms with van der Waals surface area (Å²) in [6, 6.07) is 15.6. The first kappa shape index (κ1) is 14.4. The predicted octanol–water partition coefficient (Wildman–Crippen LogP) is 3.97. The third-order valence-electron chi connectivity index (χ3n) is 2.92. The Morgan fingerprint density at radius 3 is 2.45 bits per heavy atom. The van der Waals surface area contributed by atoms with Crippen LogP contribution in [0.1, 0.15) is 16.7 Å². The summed E-state index contributed by atoms with van der Waals surface area (Å²) >= 11 is 5.99. The van der Waals surface area contributed by atoms with Crippen LogP contribution in [0.4, 0.5) is 5.69 Å². The van der Waals surface area contributed by atoms with Crippen LogP contribution >= 0.6 is 11.6 Å². The number of rotatable bonds is 5. The summed E-state index contributed by atoms with van der Waals surface area (Å²) in [4.78, 5) is 0. The molecular weight excluding hydrogens is 272 g/mol. The van der Waals surface area contributed by atoms with Crippen molar-refractivity contribution in [3.05, 3.63) is 64.2 Å². The van der Waals surface area contributed by atoms with Gasteiger partial charge in [0.25, 0.3) is 0 Å². The molecule has 0 radical (unpaired) electrons. The van der Waals surface area contributed by atoms with Crippen molar-refractivity contribution in [1.82, 2.24) is 0 Å². The molecule has 0 saturated carbocycles. The lowest BCUT2D eigenvalue weighted by Gasteiger charge is -2.08. The zero-order valence-electron chi connectivity index (χ0n) is 11.2. The van der Waals surface area contributed by atoms with E-state index >= 15 is 0 Å². The van der Waals surface area contributed by atoms with Gasteiger partial charge in [0.1, 0.15) is 6.07 Å². The third kappa shape index (κ3) is 3.74. The van der Waals surface area contributed by atoms with Gasteiger partial charge in [0.05, 0.1) is 17.2 Å². The van der Waals surface area contributed by atoms with Gasteiger partial charge in [0.15, 0.2) is 0 Å². The number of methoxy groups -OCH3 is 1. The van der Waals surface area contributed by atoms with E-state index in [1.807, 2.05) is 24.3 Å². The fourth-order valence-electron chi connectivity index (χ4n) is 1.84. The number of hydrogen-bond donors (Lipinski definition) is 1. The number of nitriles is 1. The van der Waals surface area contributed by atoms with Crippen LogP contribution in [0.25, 0.3) is 0 Å². The van der Waals surface area contributed by atoms with E-state index in [9.17, 15) is 0 Å². The summed E-state index contributed by atoms with van der Waals surface area (Å²) in [6.07, 6.45) is 0. The van der Waals surface area contributed by atoms with Crippen LogP contribution in [0, 0.1) is 11.3 Å². The maximum Gasteiger partial charge on any atom is 0.101 e. The summed E-state index contributed by atoms with van der Waals surface area (Å²) in [5.41, 5.74) is 3.71. The van der Waals surface area contributed by atoms with Crippen LogP contribution in [-0.2, 0) is 17.9 Å². The van der Waals surface area contributed by atoms with Gasteiger partial charge in [-0.1, -0.05) is 35.9 Å². The highest BCUT2D eigenvalue weighted by Crippen LogP contribution is 2.20. The molecule has 0 bridgehead atoms. The molecule has 4 heteroatoms. The number of nitrogens with zero attached hydrogens (tertiary/aromatic N) is 1. The number of nitrogens with one attached hydrogen (secondary N) is 1. The number of anilines is 1. The molecule has 0 aliphatic heterocycles. The van der Waals surface area contributed by atoms with Crippen LogP contribution in [-0.4, -0.2) is 7.11 Å². The maximum atomic E-state index is 8.82. The van der Waals surface area contributed by atoms with E-state index in [0.29, 0.717) is 23.7 Å². The summed E-state index contributed by atoms with van der Waals surface area (Å²) < 4.78 is 5.08. The second-order valence-corrected chi connectivity index (χ2v) is 4.82. The first-order chi connectivity index (χ1) is 9.72. The fourth-order valence-corrected chi connectivity index (χ4v) is 2.06. The Balaban J connectivity index is 1.98. The van der Waals surface area contributed by atoms with Gasteiger partial charge >= 0.3 is 0 Å². The van der Waals surface area contributed by atoms with Crippen molar-refractivity contribution in [3.63, 3.8) is 0 Å². The Hall–Kier alpha value is -2.02. The quantitative estimate of drug-likeness (QED) is 0.904. The first-order valence-electron chi connectivity index (χ1n) is 6.23. The van der Waals surface area contributed by atoms with Gasteiger partial charge in [0.2, 0.25) is 0 Å². The lowest BCUT2D eigenvalue weighted by Crippen LogP contribution is -2.00. The number of benzene rings is 2. The van der Waals surface area contributed by atoms with Gasteiger partial charge in [-0.3, -0.25) is 0 Å². The highest BCUT2D eigenvalue weighted by molar-refractivity contribution is 6.32. The van der Waals surface area contributed by atoms with E-state index in [0.717, 1.165) is 11.3 Å². The molecule has 2 aromatic rings. The molecule has 3 nitrogen and oxygen atoms in total. The molecule has 0 saturated heterocycles. The molecule has 0 aliphatic carbocycles. The van der Waals surface area contributed by atoms with Gasteiger partial charge < -0.3 is 10.1 Å². The third-order valence-corrected chi connectivity index (χ3v) is 3.23. The zero-order chi connectivity index (χ0) is 14.4. The Kier molecular flexibility index (Phi) is 5.00. The standard InChI is InChI=1S/C16H15ClN2O/c1-20-11-13-4-2-12(3-5-13)10-19-15-7-6-14(9-18)16(17)8-15/h2-8,19H,10-11H2,1H3. The van der Waals surface area contributed by atoms with E-state index < -0.39 is 0 Å². The molecular formula is C16H15ClN2O. The van der Waals surface area contributed by atoms with E-state index in [1.165, 1.54) is 5.56 Å². The minimum atomic E-state index is 0.466.